The molecule has 3 N–H and O–H groups in total. The van der Waals surface area contributed by atoms with Crippen molar-refractivity contribution >= 4 is 46.5 Å². The van der Waals surface area contributed by atoms with Crippen LogP contribution in [0.25, 0.3) is 11.1 Å². The van der Waals surface area contributed by atoms with E-state index in [0.717, 1.165) is 5.56 Å². The number of halogens is 4. The van der Waals surface area contributed by atoms with Gasteiger partial charge < -0.3 is 34.3 Å². The van der Waals surface area contributed by atoms with Crippen LogP contribution in [-0.2, 0) is 15.9 Å². The van der Waals surface area contributed by atoms with E-state index in [9.17, 15) is 31.9 Å². The molecular formula is C35H45F4N7O6. The number of likely N-dealkylation sites (tertiary alicyclic amines) is 1. The lowest BCUT2D eigenvalue weighted by Crippen LogP contribution is -2.54. The van der Waals surface area contributed by atoms with E-state index in [2.05, 4.69) is 25.9 Å². The number of nitrogens with one attached hydrogen (secondary N) is 3. The van der Waals surface area contributed by atoms with Crippen LogP contribution in [-0.4, -0.2) is 95.3 Å². The van der Waals surface area contributed by atoms with Crippen LogP contribution >= 0.6 is 0 Å². The van der Waals surface area contributed by atoms with E-state index in [-0.39, 0.29) is 46.9 Å². The smallest absolute Gasteiger partial charge is 0.414 e. The van der Waals surface area contributed by atoms with Crippen molar-refractivity contribution in [2.75, 3.05) is 48.3 Å². The Kier molecular flexibility index (Phi) is 11.2. The van der Waals surface area contributed by atoms with Gasteiger partial charge in [0, 0.05) is 45.1 Å². The molecule has 0 aromatic carbocycles. The van der Waals surface area contributed by atoms with Crippen molar-refractivity contribution < 1.29 is 45.8 Å². The number of hydrogen-bond donors (Lipinski definition) is 3. The van der Waals surface area contributed by atoms with E-state index in [1.54, 1.807) is 53.8 Å². The highest BCUT2D eigenvalue weighted by atomic mass is 19.4. The summed E-state index contributed by atoms with van der Waals surface area (Å²) in [6.45, 7) is 11.1. The summed E-state index contributed by atoms with van der Waals surface area (Å²) < 4.78 is 72.7. The molecule has 2 saturated heterocycles. The highest BCUT2D eigenvalue weighted by molar-refractivity contribution is 6.16. The normalized spacial score (nSPS) is 20.1. The van der Waals surface area contributed by atoms with Crippen LogP contribution in [0, 0.1) is 5.92 Å². The van der Waals surface area contributed by atoms with Crippen LogP contribution in [0.3, 0.4) is 0 Å². The van der Waals surface area contributed by atoms with Crippen LogP contribution in [0.2, 0.25) is 0 Å². The second-order valence-electron chi connectivity index (χ2n) is 15.1. The summed E-state index contributed by atoms with van der Waals surface area (Å²) in [5.74, 6) is -2.85. The lowest BCUT2D eigenvalue weighted by molar-refractivity contribution is -0.177. The highest BCUT2D eigenvalue weighted by Gasteiger charge is 2.45. The van der Waals surface area contributed by atoms with Crippen molar-refractivity contribution in [1.82, 2.24) is 20.2 Å². The van der Waals surface area contributed by atoms with Gasteiger partial charge in [-0.15, -0.1) is 0 Å². The first-order valence-electron chi connectivity index (χ1n) is 17.1. The highest BCUT2D eigenvalue weighted by Crippen LogP contribution is 2.38. The number of alkyl halides is 4. The van der Waals surface area contributed by atoms with E-state index < -0.39 is 60.1 Å². The van der Waals surface area contributed by atoms with E-state index in [0.29, 0.717) is 32.5 Å². The minimum atomic E-state index is -4.57. The Morgan fingerprint density at radius 1 is 0.981 bits per heavy atom. The molecule has 3 atom stereocenters. The van der Waals surface area contributed by atoms with Crippen molar-refractivity contribution in [2.45, 2.75) is 90.4 Å². The lowest BCUT2D eigenvalue weighted by atomic mass is 9.93. The van der Waals surface area contributed by atoms with Crippen molar-refractivity contribution in [3.05, 3.63) is 41.9 Å². The van der Waals surface area contributed by atoms with E-state index in [4.69, 9.17) is 13.9 Å². The number of ether oxygens (including phenoxy) is 2. The van der Waals surface area contributed by atoms with Crippen LogP contribution in [0.5, 0.6) is 0 Å². The molecule has 0 aliphatic carbocycles. The van der Waals surface area contributed by atoms with Gasteiger partial charge in [-0.1, -0.05) is 0 Å². The first-order valence-corrected chi connectivity index (χ1v) is 17.1. The van der Waals surface area contributed by atoms with Gasteiger partial charge in [0.2, 0.25) is 5.88 Å². The van der Waals surface area contributed by atoms with Crippen LogP contribution in [0.1, 0.15) is 70.3 Å². The topological polar surface area (TPSA) is 151 Å². The minimum absolute atomic E-state index is 0.0213. The first-order chi connectivity index (χ1) is 24.2. The monoisotopic (exact) mass is 735 g/mol. The Morgan fingerprint density at radius 2 is 1.69 bits per heavy atom. The molecule has 2 fully saturated rings. The maximum atomic E-state index is 14.1. The first kappa shape index (κ1) is 38.6. The van der Waals surface area contributed by atoms with Gasteiger partial charge in [-0.05, 0) is 78.5 Å². The summed E-state index contributed by atoms with van der Waals surface area (Å²) in [5, 5.41) is 7.75. The lowest BCUT2D eigenvalue weighted by Gasteiger charge is -2.40. The molecule has 0 saturated carbocycles. The van der Waals surface area contributed by atoms with Gasteiger partial charge in [0.05, 0.1) is 29.5 Å². The number of anilines is 3. The Balaban J connectivity index is 1.43. The largest absolute Gasteiger partial charge is 0.444 e. The predicted molar refractivity (Wildman–Crippen MR) is 185 cm³/mol. The van der Waals surface area contributed by atoms with Gasteiger partial charge in [0.1, 0.15) is 28.5 Å². The zero-order chi connectivity index (χ0) is 38.0. The van der Waals surface area contributed by atoms with Gasteiger partial charge >= 0.3 is 18.4 Å². The van der Waals surface area contributed by atoms with Gasteiger partial charge in [0.25, 0.3) is 5.91 Å². The molecule has 0 radical (unpaired) electrons. The molecule has 2 aliphatic rings. The number of rotatable bonds is 8. The number of piperidine rings is 1. The van der Waals surface area contributed by atoms with Crippen LogP contribution in [0.4, 0.5) is 44.4 Å². The van der Waals surface area contributed by atoms with E-state index in [1.165, 1.54) is 23.4 Å². The third kappa shape index (κ3) is 10.2. The number of furan rings is 1. The van der Waals surface area contributed by atoms with Gasteiger partial charge in [-0.3, -0.25) is 20.1 Å². The number of alkyl carbamates (subject to hydrolysis) is 1. The predicted octanol–water partition coefficient (Wildman–Crippen LogP) is 6.69. The van der Waals surface area contributed by atoms with E-state index in [1.807, 2.05) is 4.90 Å². The fraction of sp³-hybridized carbons (Fsp3) is 0.571. The second-order valence-corrected chi connectivity index (χ2v) is 15.1. The van der Waals surface area contributed by atoms with Crippen molar-refractivity contribution in [3.63, 3.8) is 0 Å². The third-order valence-electron chi connectivity index (χ3n) is 8.38. The standard InChI is InChI=1S/C35H45F4N7O6/c1-33(2,3)51-31(48)42-23-14-21(35(37,38)39)17-46(19-23)25-7-10-40-16-24(25)43-29(47)27-28-26(50-30(27)44-32(49)52-34(4,5)6)13-20(15-41-28)8-11-45-12-9-22(36)18-45/h7,10,13,15-16,21-23H,8-9,11-12,14,17-19H2,1-6H3,(H,42,48)(H,43,47)(H,44,49)/t21-,22-,23?/m1/s1. The fourth-order valence-electron chi connectivity index (χ4n) is 6.18. The van der Waals surface area contributed by atoms with E-state index >= 15 is 0 Å². The zero-order valence-electron chi connectivity index (χ0n) is 30.0. The number of amides is 3. The average Bonchev–Trinajstić information content (AvgIpc) is 3.59. The fourth-order valence-corrected chi connectivity index (χ4v) is 6.18. The number of hydrogen-bond acceptors (Lipinski definition) is 10. The molecule has 3 aromatic heterocycles. The molecular weight excluding hydrogens is 690 g/mol. The summed E-state index contributed by atoms with van der Waals surface area (Å²) in [4.78, 5) is 51.4. The van der Waals surface area contributed by atoms with Gasteiger partial charge in [0.15, 0.2) is 5.58 Å². The summed E-state index contributed by atoms with van der Waals surface area (Å²) >= 11 is 0. The SMILES string of the molecule is CC(C)(C)OC(=O)Nc1oc2cc(CCN3CC[C@@H](F)C3)cnc2c1C(=O)Nc1cnccc1N1CC(NC(=O)OC(C)(C)C)C[C@@H](C(F)(F)F)C1. The van der Waals surface area contributed by atoms with Crippen molar-refractivity contribution in [1.29, 1.82) is 0 Å². The molecule has 2 aliphatic heterocycles. The van der Waals surface area contributed by atoms with Crippen LogP contribution in [0.15, 0.2) is 35.1 Å². The molecule has 284 valence electrons. The van der Waals surface area contributed by atoms with Crippen molar-refractivity contribution in [2.24, 2.45) is 5.92 Å². The Bertz CT molecular complexity index is 1770. The molecule has 0 spiro atoms. The average molecular weight is 736 g/mol. The number of fused-ring (bicyclic) bond motifs is 1. The quantitative estimate of drug-likeness (QED) is 0.214. The molecule has 52 heavy (non-hydrogen) atoms. The Labute approximate surface area is 298 Å². The summed E-state index contributed by atoms with van der Waals surface area (Å²) in [6, 6.07) is 2.21. The maximum absolute atomic E-state index is 14.1. The molecule has 0 bridgehead atoms. The molecule has 5 heterocycles. The van der Waals surface area contributed by atoms with Gasteiger partial charge in [-0.25, -0.2) is 14.0 Å². The Morgan fingerprint density at radius 3 is 2.35 bits per heavy atom. The molecule has 1 unspecified atom stereocenters. The Hall–Kier alpha value is -4.67. The molecule has 5 rings (SSSR count). The molecule has 13 nitrogen and oxygen atoms in total. The molecule has 17 heteroatoms. The molecule has 3 amide bonds. The minimum Gasteiger partial charge on any atom is -0.444 e. The summed E-state index contributed by atoms with van der Waals surface area (Å²) in [6.07, 6.45) is -2.30. The maximum Gasteiger partial charge on any atom is 0.414 e. The van der Waals surface area contributed by atoms with Crippen molar-refractivity contribution in [3.8, 4) is 0 Å². The summed E-state index contributed by atoms with van der Waals surface area (Å²) in [7, 11) is 0. The third-order valence-corrected chi connectivity index (χ3v) is 8.38. The number of pyridine rings is 2. The number of carbonyl (C=O) groups is 3. The summed E-state index contributed by atoms with van der Waals surface area (Å²) in [5.41, 5.74) is -0.548. The zero-order valence-corrected chi connectivity index (χ0v) is 30.0. The number of carbonyl (C=O) groups excluding carboxylic acids is 3. The van der Waals surface area contributed by atoms with Crippen LogP contribution < -0.4 is 20.9 Å². The number of nitrogens with zero attached hydrogens (tertiary/aromatic N) is 4. The number of aromatic nitrogens is 2. The molecule has 3 aromatic rings. The van der Waals surface area contributed by atoms with Gasteiger partial charge in [-0.2, -0.15) is 13.2 Å². The second kappa shape index (κ2) is 15.1.